The maximum Gasteiger partial charge on any atom is 0.234 e. The SMILES string of the molecule is Cc1cc2cccc(C)c2nc1SCC(=O)Nc1ccccc1F. The number of rotatable bonds is 4. The molecule has 0 atom stereocenters. The van der Waals surface area contributed by atoms with Gasteiger partial charge in [-0.15, -0.1) is 0 Å². The zero-order valence-electron chi connectivity index (χ0n) is 13.5. The molecule has 0 fully saturated rings. The number of aromatic nitrogens is 1. The number of nitrogens with one attached hydrogen (secondary N) is 1. The first-order valence-electron chi connectivity index (χ1n) is 7.59. The zero-order chi connectivity index (χ0) is 17.1. The molecule has 0 radical (unpaired) electrons. The summed E-state index contributed by atoms with van der Waals surface area (Å²) in [4.78, 5) is 16.7. The molecule has 0 saturated carbocycles. The van der Waals surface area contributed by atoms with Crippen molar-refractivity contribution in [3.8, 4) is 0 Å². The van der Waals surface area contributed by atoms with Crippen molar-refractivity contribution in [3.63, 3.8) is 0 Å². The number of hydrogen-bond donors (Lipinski definition) is 1. The van der Waals surface area contributed by atoms with E-state index in [4.69, 9.17) is 0 Å². The lowest BCUT2D eigenvalue weighted by Gasteiger charge is -2.09. The van der Waals surface area contributed by atoms with Crippen LogP contribution in [0.3, 0.4) is 0 Å². The number of carbonyl (C=O) groups is 1. The van der Waals surface area contributed by atoms with E-state index in [9.17, 15) is 9.18 Å². The minimum atomic E-state index is -0.438. The second-order valence-corrected chi connectivity index (χ2v) is 6.54. The van der Waals surface area contributed by atoms with Crippen molar-refractivity contribution in [3.05, 3.63) is 65.5 Å². The van der Waals surface area contributed by atoms with E-state index in [1.54, 1.807) is 18.2 Å². The highest BCUT2D eigenvalue weighted by atomic mass is 32.2. The molecule has 3 nitrogen and oxygen atoms in total. The van der Waals surface area contributed by atoms with Gasteiger partial charge < -0.3 is 5.32 Å². The molecule has 0 aliphatic carbocycles. The average molecular weight is 340 g/mol. The highest BCUT2D eigenvalue weighted by Crippen LogP contribution is 2.26. The number of halogens is 1. The van der Waals surface area contributed by atoms with E-state index in [1.165, 1.54) is 17.8 Å². The van der Waals surface area contributed by atoms with Gasteiger partial charge in [0.25, 0.3) is 0 Å². The largest absolute Gasteiger partial charge is 0.323 e. The van der Waals surface area contributed by atoms with Gasteiger partial charge in [0.2, 0.25) is 5.91 Å². The van der Waals surface area contributed by atoms with Gasteiger partial charge in [-0.05, 0) is 43.2 Å². The Labute approximate surface area is 144 Å². The number of para-hydroxylation sites is 2. The number of nitrogens with zero attached hydrogens (tertiary/aromatic N) is 1. The Morgan fingerprint density at radius 2 is 1.92 bits per heavy atom. The minimum absolute atomic E-state index is 0.180. The number of pyridine rings is 1. The number of anilines is 1. The molecular weight excluding hydrogens is 323 g/mol. The van der Waals surface area contributed by atoms with Crippen LogP contribution in [0.4, 0.5) is 10.1 Å². The lowest BCUT2D eigenvalue weighted by molar-refractivity contribution is -0.113. The number of aryl methyl sites for hydroxylation is 2. The quantitative estimate of drug-likeness (QED) is 0.699. The van der Waals surface area contributed by atoms with Gasteiger partial charge in [0.15, 0.2) is 0 Å². The molecule has 3 aromatic rings. The highest BCUT2D eigenvalue weighted by molar-refractivity contribution is 8.00. The van der Waals surface area contributed by atoms with Gasteiger partial charge in [0.05, 0.1) is 17.0 Å². The predicted molar refractivity (Wildman–Crippen MR) is 97.0 cm³/mol. The molecule has 3 rings (SSSR count). The molecule has 1 amide bonds. The summed E-state index contributed by atoms with van der Waals surface area (Å²) in [6, 6.07) is 14.3. The van der Waals surface area contributed by atoms with Crippen LogP contribution in [-0.2, 0) is 4.79 Å². The van der Waals surface area contributed by atoms with Crippen LogP contribution in [0.5, 0.6) is 0 Å². The summed E-state index contributed by atoms with van der Waals surface area (Å²) >= 11 is 1.36. The highest BCUT2D eigenvalue weighted by Gasteiger charge is 2.10. The van der Waals surface area contributed by atoms with Crippen molar-refractivity contribution < 1.29 is 9.18 Å². The summed E-state index contributed by atoms with van der Waals surface area (Å²) in [5, 5.41) is 4.50. The Morgan fingerprint density at radius 3 is 2.71 bits per heavy atom. The van der Waals surface area contributed by atoms with E-state index in [0.717, 1.165) is 27.1 Å². The molecule has 2 aromatic carbocycles. The van der Waals surface area contributed by atoms with E-state index in [-0.39, 0.29) is 17.3 Å². The van der Waals surface area contributed by atoms with Crippen molar-refractivity contribution in [2.45, 2.75) is 18.9 Å². The molecule has 0 saturated heterocycles. The lowest BCUT2D eigenvalue weighted by atomic mass is 10.1. The average Bonchev–Trinajstić information content (AvgIpc) is 2.55. The van der Waals surface area contributed by atoms with Crippen LogP contribution < -0.4 is 5.32 Å². The summed E-state index contributed by atoms with van der Waals surface area (Å²) < 4.78 is 13.6. The van der Waals surface area contributed by atoms with Gasteiger partial charge in [0.1, 0.15) is 10.8 Å². The summed E-state index contributed by atoms with van der Waals surface area (Å²) in [6.07, 6.45) is 0. The third-order valence-corrected chi connectivity index (χ3v) is 4.77. The normalized spacial score (nSPS) is 10.8. The second kappa shape index (κ2) is 7.01. The monoisotopic (exact) mass is 340 g/mol. The standard InChI is InChI=1S/C19H17FN2OS/c1-12-6-5-7-14-10-13(2)19(22-18(12)14)24-11-17(23)21-16-9-4-3-8-15(16)20/h3-10H,11H2,1-2H3,(H,21,23). The number of thioether (sulfide) groups is 1. The maximum absolute atomic E-state index is 13.6. The Balaban J connectivity index is 1.73. The number of fused-ring (bicyclic) bond motifs is 1. The fourth-order valence-corrected chi connectivity index (χ4v) is 3.25. The predicted octanol–water partition coefficient (Wildman–Crippen LogP) is 4.72. The molecule has 5 heteroatoms. The lowest BCUT2D eigenvalue weighted by Crippen LogP contribution is -2.15. The molecule has 1 N–H and O–H groups in total. The van der Waals surface area contributed by atoms with Gasteiger partial charge in [-0.3, -0.25) is 4.79 Å². The van der Waals surface area contributed by atoms with E-state index >= 15 is 0 Å². The van der Waals surface area contributed by atoms with Crippen LogP contribution in [-0.4, -0.2) is 16.6 Å². The van der Waals surface area contributed by atoms with E-state index < -0.39 is 5.82 Å². The molecule has 0 spiro atoms. The first kappa shape index (κ1) is 16.5. The molecule has 0 bridgehead atoms. The third kappa shape index (κ3) is 3.57. The van der Waals surface area contributed by atoms with Crippen LogP contribution in [0.1, 0.15) is 11.1 Å². The molecule has 0 aliphatic rings. The van der Waals surface area contributed by atoms with Crippen molar-refractivity contribution in [1.82, 2.24) is 4.98 Å². The van der Waals surface area contributed by atoms with Crippen LogP contribution in [0, 0.1) is 19.7 Å². The van der Waals surface area contributed by atoms with E-state index in [1.807, 2.05) is 32.0 Å². The van der Waals surface area contributed by atoms with Gasteiger partial charge >= 0.3 is 0 Å². The Morgan fingerprint density at radius 1 is 1.12 bits per heavy atom. The molecule has 24 heavy (non-hydrogen) atoms. The van der Waals surface area contributed by atoms with Crippen molar-refractivity contribution >= 4 is 34.3 Å². The third-order valence-electron chi connectivity index (χ3n) is 3.68. The van der Waals surface area contributed by atoms with Crippen molar-refractivity contribution in [2.75, 3.05) is 11.1 Å². The van der Waals surface area contributed by atoms with Gasteiger partial charge in [-0.1, -0.05) is 42.1 Å². The first-order chi connectivity index (χ1) is 11.5. The number of amides is 1. The van der Waals surface area contributed by atoms with Gasteiger partial charge in [0, 0.05) is 5.39 Å². The van der Waals surface area contributed by atoms with Crippen molar-refractivity contribution in [1.29, 1.82) is 0 Å². The van der Waals surface area contributed by atoms with Crippen molar-refractivity contribution in [2.24, 2.45) is 0 Å². The molecule has 1 heterocycles. The smallest absolute Gasteiger partial charge is 0.234 e. The number of carbonyl (C=O) groups excluding carboxylic acids is 1. The fourth-order valence-electron chi connectivity index (χ4n) is 2.46. The van der Waals surface area contributed by atoms with Crippen LogP contribution >= 0.6 is 11.8 Å². The van der Waals surface area contributed by atoms with E-state index in [2.05, 4.69) is 16.4 Å². The zero-order valence-corrected chi connectivity index (χ0v) is 14.3. The van der Waals surface area contributed by atoms with Gasteiger partial charge in [-0.2, -0.15) is 0 Å². The first-order valence-corrected chi connectivity index (χ1v) is 8.57. The molecule has 0 unspecified atom stereocenters. The Kier molecular flexibility index (Phi) is 4.81. The topological polar surface area (TPSA) is 42.0 Å². The van der Waals surface area contributed by atoms with Crippen LogP contribution in [0.2, 0.25) is 0 Å². The Bertz CT molecular complexity index is 911. The summed E-state index contributed by atoms with van der Waals surface area (Å²) in [7, 11) is 0. The van der Waals surface area contributed by atoms with Crippen LogP contribution in [0.25, 0.3) is 10.9 Å². The minimum Gasteiger partial charge on any atom is -0.323 e. The summed E-state index contributed by atoms with van der Waals surface area (Å²) in [6.45, 7) is 4.00. The van der Waals surface area contributed by atoms with E-state index in [0.29, 0.717) is 0 Å². The summed E-state index contributed by atoms with van der Waals surface area (Å²) in [5.41, 5.74) is 3.27. The fraction of sp³-hybridized carbons (Fsp3) is 0.158. The Hall–Kier alpha value is -2.40. The molecule has 1 aromatic heterocycles. The second-order valence-electron chi connectivity index (χ2n) is 5.57. The maximum atomic E-state index is 13.6. The molecule has 0 aliphatic heterocycles. The summed E-state index contributed by atoms with van der Waals surface area (Å²) in [5.74, 6) is -0.512. The molecule has 122 valence electrons. The van der Waals surface area contributed by atoms with Gasteiger partial charge in [-0.25, -0.2) is 9.37 Å². The molecular formula is C19H17FN2OS. The van der Waals surface area contributed by atoms with Crippen LogP contribution in [0.15, 0.2) is 53.6 Å². The number of benzene rings is 2. The number of hydrogen-bond acceptors (Lipinski definition) is 3.